The van der Waals surface area contributed by atoms with Crippen molar-refractivity contribution in [2.45, 2.75) is 38.1 Å². The van der Waals surface area contributed by atoms with Crippen molar-refractivity contribution in [2.75, 3.05) is 33.0 Å². The molecule has 2 aliphatic rings. The Morgan fingerprint density at radius 2 is 1.94 bits per heavy atom. The lowest BCUT2D eigenvalue weighted by Gasteiger charge is -2.26. The van der Waals surface area contributed by atoms with Gasteiger partial charge in [-0.2, -0.15) is 0 Å². The molecule has 1 aliphatic carbocycles. The maximum absolute atomic E-state index is 5.77. The SMILES string of the molecule is C1CCC(COC[C@@H]2COCCN2)CC1.Cl. The lowest BCUT2D eigenvalue weighted by Crippen LogP contribution is -2.44. The molecular formula is C12H24ClNO2. The first-order valence-corrected chi connectivity index (χ1v) is 6.34. The summed E-state index contributed by atoms with van der Waals surface area (Å²) in [6.45, 7) is 4.40. The van der Waals surface area contributed by atoms with E-state index in [2.05, 4.69) is 5.32 Å². The second kappa shape index (κ2) is 8.29. The summed E-state index contributed by atoms with van der Waals surface area (Å²) in [5, 5.41) is 3.41. The first-order valence-electron chi connectivity index (χ1n) is 6.34. The van der Waals surface area contributed by atoms with Crippen LogP contribution in [0.2, 0.25) is 0 Å². The monoisotopic (exact) mass is 249 g/mol. The van der Waals surface area contributed by atoms with Gasteiger partial charge in [-0.05, 0) is 18.8 Å². The molecule has 2 fully saturated rings. The molecule has 16 heavy (non-hydrogen) atoms. The minimum absolute atomic E-state index is 0. The molecule has 0 radical (unpaired) electrons. The number of rotatable bonds is 4. The smallest absolute Gasteiger partial charge is 0.0642 e. The second-order valence-corrected chi connectivity index (χ2v) is 4.77. The Kier molecular flexibility index (Phi) is 7.37. The molecule has 0 amide bonds. The quantitative estimate of drug-likeness (QED) is 0.827. The first-order chi connectivity index (χ1) is 7.45. The fraction of sp³-hybridized carbons (Fsp3) is 1.00. The molecule has 2 rings (SSSR count). The predicted molar refractivity (Wildman–Crippen MR) is 67.3 cm³/mol. The normalized spacial score (nSPS) is 27.4. The van der Waals surface area contributed by atoms with Gasteiger partial charge in [0, 0.05) is 13.2 Å². The van der Waals surface area contributed by atoms with E-state index in [0.717, 1.165) is 38.9 Å². The van der Waals surface area contributed by atoms with Gasteiger partial charge >= 0.3 is 0 Å². The number of morpholine rings is 1. The summed E-state index contributed by atoms with van der Waals surface area (Å²) in [5.74, 6) is 0.822. The van der Waals surface area contributed by atoms with Crippen molar-refractivity contribution in [3.05, 3.63) is 0 Å². The Hall–Kier alpha value is 0.170. The molecule has 4 heteroatoms. The molecule has 0 aromatic carbocycles. The molecule has 0 bridgehead atoms. The third-order valence-corrected chi connectivity index (χ3v) is 3.40. The van der Waals surface area contributed by atoms with Gasteiger partial charge in [0.25, 0.3) is 0 Å². The van der Waals surface area contributed by atoms with E-state index in [4.69, 9.17) is 9.47 Å². The summed E-state index contributed by atoms with van der Waals surface area (Å²) in [5.41, 5.74) is 0. The Morgan fingerprint density at radius 3 is 2.62 bits per heavy atom. The number of halogens is 1. The van der Waals surface area contributed by atoms with Crippen molar-refractivity contribution < 1.29 is 9.47 Å². The molecule has 0 unspecified atom stereocenters. The van der Waals surface area contributed by atoms with Crippen LogP contribution in [0.4, 0.5) is 0 Å². The summed E-state index contributed by atoms with van der Waals surface area (Å²) < 4.78 is 11.2. The van der Waals surface area contributed by atoms with Crippen molar-refractivity contribution in [1.29, 1.82) is 0 Å². The van der Waals surface area contributed by atoms with Crippen LogP contribution in [-0.2, 0) is 9.47 Å². The van der Waals surface area contributed by atoms with Gasteiger partial charge in [-0.25, -0.2) is 0 Å². The van der Waals surface area contributed by atoms with Gasteiger partial charge < -0.3 is 14.8 Å². The molecule has 0 aromatic rings. The lowest BCUT2D eigenvalue weighted by molar-refractivity contribution is 0.0157. The minimum atomic E-state index is 0. The van der Waals surface area contributed by atoms with Gasteiger partial charge in [-0.15, -0.1) is 12.4 Å². The van der Waals surface area contributed by atoms with Crippen LogP contribution in [-0.4, -0.2) is 39.0 Å². The molecule has 1 aliphatic heterocycles. The highest BCUT2D eigenvalue weighted by Gasteiger charge is 2.16. The number of ether oxygens (including phenoxy) is 2. The van der Waals surface area contributed by atoms with Crippen molar-refractivity contribution in [1.82, 2.24) is 5.32 Å². The van der Waals surface area contributed by atoms with Crippen LogP contribution in [0.25, 0.3) is 0 Å². The molecule has 3 nitrogen and oxygen atoms in total. The van der Waals surface area contributed by atoms with E-state index in [1.54, 1.807) is 0 Å². The largest absolute Gasteiger partial charge is 0.379 e. The highest BCUT2D eigenvalue weighted by Crippen LogP contribution is 2.23. The summed E-state index contributed by atoms with van der Waals surface area (Å²) >= 11 is 0. The average Bonchev–Trinajstić information content (AvgIpc) is 2.32. The molecule has 0 aromatic heterocycles. The van der Waals surface area contributed by atoms with Crippen LogP contribution in [0, 0.1) is 5.92 Å². The number of hydrogen-bond donors (Lipinski definition) is 1. The molecule has 1 atom stereocenters. The van der Waals surface area contributed by atoms with Crippen molar-refractivity contribution in [2.24, 2.45) is 5.92 Å². The molecule has 0 spiro atoms. The van der Waals surface area contributed by atoms with Crippen LogP contribution >= 0.6 is 12.4 Å². The van der Waals surface area contributed by atoms with Gasteiger partial charge in [0.05, 0.1) is 25.9 Å². The molecular weight excluding hydrogens is 226 g/mol. The fourth-order valence-corrected chi connectivity index (χ4v) is 2.46. The van der Waals surface area contributed by atoms with E-state index in [9.17, 15) is 0 Å². The molecule has 1 saturated carbocycles. The minimum Gasteiger partial charge on any atom is -0.379 e. The van der Waals surface area contributed by atoms with Crippen LogP contribution in [0.1, 0.15) is 32.1 Å². The van der Waals surface area contributed by atoms with Gasteiger partial charge in [0.1, 0.15) is 0 Å². The summed E-state index contributed by atoms with van der Waals surface area (Å²) in [6, 6.07) is 0.419. The van der Waals surface area contributed by atoms with E-state index in [1.807, 2.05) is 0 Å². The van der Waals surface area contributed by atoms with Gasteiger partial charge in [-0.3, -0.25) is 0 Å². The van der Waals surface area contributed by atoms with Gasteiger partial charge in [-0.1, -0.05) is 19.3 Å². The average molecular weight is 250 g/mol. The third-order valence-electron chi connectivity index (χ3n) is 3.40. The molecule has 1 saturated heterocycles. The zero-order valence-corrected chi connectivity index (χ0v) is 10.8. The Labute approximate surface area is 105 Å². The van der Waals surface area contributed by atoms with Crippen LogP contribution < -0.4 is 5.32 Å². The third kappa shape index (κ3) is 5.00. The van der Waals surface area contributed by atoms with Gasteiger partial charge in [0.2, 0.25) is 0 Å². The Bertz CT molecular complexity index is 150. The second-order valence-electron chi connectivity index (χ2n) is 4.77. The molecule has 1 N–H and O–H groups in total. The summed E-state index contributed by atoms with van der Waals surface area (Å²) in [7, 11) is 0. The highest BCUT2D eigenvalue weighted by molar-refractivity contribution is 5.85. The lowest BCUT2D eigenvalue weighted by atomic mass is 9.90. The molecule has 1 heterocycles. The maximum Gasteiger partial charge on any atom is 0.0642 e. The Morgan fingerprint density at radius 1 is 1.12 bits per heavy atom. The van der Waals surface area contributed by atoms with Crippen molar-refractivity contribution in [3.8, 4) is 0 Å². The summed E-state index contributed by atoms with van der Waals surface area (Å²) in [4.78, 5) is 0. The van der Waals surface area contributed by atoms with Crippen LogP contribution in [0.3, 0.4) is 0 Å². The van der Waals surface area contributed by atoms with E-state index < -0.39 is 0 Å². The van der Waals surface area contributed by atoms with Crippen molar-refractivity contribution in [3.63, 3.8) is 0 Å². The maximum atomic E-state index is 5.77. The van der Waals surface area contributed by atoms with E-state index in [-0.39, 0.29) is 12.4 Å². The Balaban J connectivity index is 0.00000128. The van der Waals surface area contributed by atoms with Crippen LogP contribution in [0.15, 0.2) is 0 Å². The fourth-order valence-electron chi connectivity index (χ4n) is 2.46. The standard InChI is InChI=1S/C12H23NO2.ClH/c1-2-4-11(5-3-1)8-15-10-12-9-14-7-6-13-12;/h11-13H,1-10H2;1H/t12-;/m0./s1. The topological polar surface area (TPSA) is 30.5 Å². The van der Waals surface area contributed by atoms with E-state index in [1.165, 1.54) is 32.1 Å². The zero-order chi connectivity index (χ0) is 10.3. The number of hydrogen-bond acceptors (Lipinski definition) is 3. The van der Waals surface area contributed by atoms with Crippen LogP contribution in [0.5, 0.6) is 0 Å². The van der Waals surface area contributed by atoms with Gasteiger partial charge in [0.15, 0.2) is 0 Å². The molecule has 96 valence electrons. The van der Waals surface area contributed by atoms with E-state index >= 15 is 0 Å². The number of nitrogens with one attached hydrogen (secondary N) is 1. The van der Waals surface area contributed by atoms with Crippen molar-refractivity contribution >= 4 is 12.4 Å². The summed E-state index contributed by atoms with van der Waals surface area (Å²) in [6.07, 6.45) is 6.97. The zero-order valence-electron chi connectivity index (χ0n) is 9.95. The highest BCUT2D eigenvalue weighted by atomic mass is 35.5. The van der Waals surface area contributed by atoms with E-state index in [0.29, 0.717) is 6.04 Å². The first kappa shape index (κ1) is 14.2. The predicted octanol–water partition coefficient (Wildman–Crippen LogP) is 1.99.